The minimum Gasteiger partial charge on any atom is -0.408 e. The molecule has 0 atom stereocenters. The summed E-state index contributed by atoms with van der Waals surface area (Å²) in [5.41, 5.74) is 1.09. The van der Waals surface area contributed by atoms with Gasteiger partial charge in [0.15, 0.2) is 0 Å². The number of anilines is 1. The Morgan fingerprint density at radius 2 is 1.91 bits per heavy atom. The Kier molecular flexibility index (Phi) is 4.75. The van der Waals surface area contributed by atoms with Crippen LogP contribution in [-0.4, -0.2) is 47.3 Å². The molecule has 0 bridgehead atoms. The van der Waals surface area contributed by atoms with Gasteiger partial charge in [-0.3, -0.25) is 0 Å². The molecule has 0 unspecified atom stereocenters. The van der Waals surface area contributed by atoms with Gasteiger partial charge in [-0.2, -0.15) is 0 Å². The summed E-state index contributed by atoms with van der Waals surface area (Å²) < 4.78 is 5.56. The molecule has 0 aliphatic carbocycles. The highest BCUT2D eigenvalue weighted by Crippen LogP contribution is 2.15. The third kappa shape index (κ3) is 3.80. The molecule has 2 heterocycles. The highest BCUT2D eigenvalue weighted by Gasteiger charge is 2.23. The van der Waals surface area contributed by atoms with E-state index in [1.165, 1.54) is 0 Å². The summed E-state index contributed by atoms with van der Waals surface area (Å²) >= 11 is 0. The average Bonchev–Trinajstić information content (AvgIpc) is 3.10. The van der Waals surface area contributed by atoms with Crippen LogP contribution in [0.2, 0.25) is 0 Å². The smallest absolute Gasteiger partial charge is 0.318 e. The number of carbonyl (C=O) groups is 1. The Morgan fingerprint density at radius 1 is 1.17 bits per heavy atom. The number of urea groups is 1. The molecule has 0 saturated carbocycles. The Labute approximate surface area is 135 Å². The minimum absolute atomic E-state index is 0.0340. The van der Waals surface area contributed by atoms with E-state index in [4.69, 9.17) is 4.42 Å². The van der Waals surface area contributed by atoms with Crippen LogP contribution in [0.15, 0.2) is 34.7 Å². The molecule has 1 aromatic carbocycles. The molecule has 7 nitrogen and oxygen atoms in total. The van der Waals surface area contributed by atoms with Gasteiger partial charge in [0, 0.05) is 39.1 Å². The first-order valence-electron chi connectivity index (χ1n) is 7.90. The van der Waals surface area contributed by atoms with Crippen molar-refractivity contribution in [3.63, 3.8) is 0 Å². The van der Waals surface area contributed by atoms with Crippen molar-refractivity contribution in [2.45, 2.75) is 19.9 Å². The topological polar surface area (TPSA) is 74.5 Å². The van der Waals surface area contributed by atoms with E-state index in [0.29, 0.717) is 44.6 Å². The number of nitrogens with zero attached hydrogens (tertiary/aromatic N) is 4. The van der Waals surface area contributed by atoms with E-state index >= 15 is 0 Å². The minimum atomic E-state index is -0.0340. The van der Waals surface area contributed by atoms with Gasteiger partial charge >= 0.3 is 12.0 Å². The average molecular weight is 315 g/mol. The molecule has 23 heavy (non-hydrogen) atoms. The summed E-state index contributed by atoms with van der Waals surface area (Å²) in [5, 5.41) is 11.0. The molecule has 1 aromatic heterocycles. The predicted molar refractivity (Wildman–Crippen MR) is 86.1 cm³/mol. The van der Waals surface area contributed by atoms with Crippen LogP contribution in [0.25, 0.3) is 0 Å². The lowest BCUT2D eigenvalue weighted by Gasteiger charge is -2.33. The first-order valence-corrected chi connectivity index (χ1v) is 7.90. The van der Waals surface area contributed by atoms with E-state index < -0.39 is 0 Å². The first kappa shape index (κ1) is 15.3. The Balaban J connectivity index is 1.47. The van der Waals surface area contributed by atoms with Gasteiger partial charge in [0.05, 0.1) is 0 Å². The molecule has 122 valence electrons. The fourth-order valence-electron chi connectivity index (χ4n) is 2.50. The zero-order chi connectivity index (χ0) is 16.1. The SMILES string of the molecule is CCc1nnc(N2CCN(C(=O)NCc3ccccc3)CC2)o1. The molecule has 2 amide bonds. The van der Waals surface area contributed by atoms with Crippen molar-refractivity contribution < 1.29 is 9.21 Å². The third-order valence-corrected chi connectivity index (χ3v) is 3.88. The third-order valence-electron chi connectivity index (χ3n) is 3.88. The quantitative estimate of drug-likeness (QED) is 0.929. The zero-order valence-corrected chi connectivity index (χ0v) is 13.2. The fourth-order valence-corrected chi connectivity index (χ4v) is 2.50. The molecule has 2 aromatic rings. The number of piperazine rings is 1. The van der Waals surface area contributed by atoms with Gasteiger partial charge in [0.2, 0.25) is 5.89 Å². The van der Waals surface area contributed by atoms with Gasteiger partial charge in [0.1, 0.15) is 0 Å². The first-order chi connectivity index (χ1) is 11.3. The van der Waals surface area contributed by atoms with Crippen LogP contribution in [0.3, 0.4) is 0 Å². The van der Waals surface area contributed by atoms with Gasteiger partial charge in [-0.15, -0.1) is 5.10 Å². The van der Waals surface area contributed by atoms with Gasteiger partial charge in [-0.05, 0) is 5.56 Å². The fraction of sp³-hybridized carbons (Fsp3) is 0.438. The normalized spacial score (nSPS) is 14.8. The van der Waals surface area contributed by atoms with Crippen molar-refractivity contribution in [2.75, 3.05) is 31.1 Å². The molecular weight excluding hydrogens is 294 g/mol. The van der Waals surface area contributed by atoms with Crippen LogP contribution in [0.1, 0.15) is 18.4 Å². The van der Waals surface area contributed by atoms with E-state index in [9.17, 15) is 4.79 Å². The van der Waals surface area contributed by atoms with Crippen LogP contribution in [0.5, 0.6) is 0 Å². The highest BCUT2D eigenvalue weighted by atomic mass is 16.4. The maximum atomic E-state index is 12.2. The van der Waals surface area contributed by atoms with Crippen LogP contribution in [0.4, 0.5) is 10.8 Å². The standard InChI is InChI=1S/C16H21N5O2/c1-2-14-18-19-16(23-14)21-10-8-20(9-11-21)15(22)17-12-13-6-4-3-5-7-13/h3-7H,2,8-12H2,1H3,(H,17,22). The van der Waals surface area contributed by atoms with Crippen LogP contribution in [0, 0.1) is 0 Å². The number of amides is 2. The molecule has 1 fully saturated rings. The predicted octanol–water partition coefficient (Wildman–Crippen LogP) is 1.66. The lowest BCUT2D eigenvalue weighted by Crippen LogP contribution is -2.51. The van der Waals surface area contributed by atoms with Gasteiger partial charge < -0.3 is 19.5 Å². The van der Waals surface area contributed by atoms with Crippen molar-refractivity contribution in [3.05, 3.63) is 41.8 Å². The second-order valence-electron chi connectivity index (χ2n) is 5.45. The zero-order valence-electron chi connectivity index (χ0n) is 13.2. The summed E-state index contributed by atoms with van der Waals surface area (Å²) in [4.78, 5) is 16.0. The highest BCUT2D eigenvalue weighted by molar-refractivity contribution is 5.74. The Hall–Kier alpha value is -2.57. The molecule has 1 aliphatic heterocycles. The lowest BCUT2D eigenvalue weighted by molar-refractivity contribution is 0.193. The van der Waals surface area contributed by atoms with E-state index in [0.717, 1.165) is 12.0 Å². The summed E-state index contributed by atoms with van der Waals surface area (Å²) in [7, 11) is 0. The van der Waals surface area contributed by atoms with Gasteiger partial charge in [-0.1, -0.05) is 42.4 Å². The Morgan fingerprint density at radius 3 is 2.57 bits per heavy atom. The van der Waals surface area contributed by atoms with Crippen molar-refractivity contribution >= 4 is 12.0 Å². The summed E-state index contributed by atoms with van der Waals surface area (Å²) in [6.45, 7) is 5.21. The van der Waals surface area contributed by atoms with Gasteiger partial charge in [-0.25, -0.2) is 4.79 Å². The summed E-state index contributed by atoms with van der Waals surface area (Å²) in [5.74, 6) is 0.642. The van der Waals surface area contributed by atoms with Crippen LogP contribution in [-0.2, 0) is 13.0 Å². The molecule has 0 radical (unpaired) electrons. The maximum absolute atomic E-state index is 12.2. The number of aromatic nitrogens is 2. The maximum Gasteiger partial charge on any atom is 0.318 e. The van der Waals surface area contributed by atoms with Crippen LogP contribution < -0.4 is 10.2 Å². The number of carbonyl (C=O) groups excluding carboxylic acids is 1. The summed E-state index contributed by atoms with van der Waals surface area (Å²) in [6.07, 6.45) is 0.731. The lowest BCUT2D eigenvalue weighted by atomic mass is 10.2. The van der Waals surface area contributed by atoms with E-state index in [1.54, 1.807) is 0 Å². The molecule has 0 spiro atoms. The van der Waals surface area contributed by atoms with Crippen molar-refractivity contribution in [1.82, 2.24) is 20.4 Å². The largest absolute Gasteiger partial charge is 0.408 e. The molecule has 3 rings (SSSR count). The molecule has 1 saturated heterocycles. The second-order valence-corrected chi connectivity index (χ2v) is 5.45. The molecule has 1 N–H and O–H groups in total. The summed E-state index contributed by atoms with van der Waals surface area (Å²) in [6, 6.07) is 10.4. The van der Waals surface area contributed by atoms with Crippen molar-refractivity contribution in [2.24, 2.45) is 0 Å². The van der Waals surface area contributed by atoms with Crippen molar-refractivity contribution in [1.29, 1.82) is 0 Å². The van der Waals surface area contributed by atoms with E-state index in [1.807, 2.05) is 47.1 Å². The van der Waals surface area contributed by atoms with E-state index in [2.05, 4.69) is 15.5 Å². The molecule has 1 aliphatic rings. The number of nitrogens with one attached hydrogen (secondary N) is 1. The Bertz CT molecular complexity index is 635. The van der Waals surface area contributed by atoms with Gasteiger partial charge in [0.25, 0.3) is 0 Å². The van der Waals surface area contributed by atoms with Crippen molar-refractivity contribution in [3.8, 4) is 0 Å². The number of hydrogen-bond acceptors (Lipinski definition) is 5. The van der Waals surface area contributed by atoms with Crippen LogP contribution >= 0.6 is 0 Å². The number of rotatable bonds is 4. The molecular formula is C16H21N5O2. The monoisotopic (exact) mass is 315 g/mol. The second kappa shape index (κ2) is 7.13. The van der Waals surface area contributed by atoms with E-state index in [-0.39, 0.29) is 6.03 Å². The molecule has 7 heteroatoms. The number of hydrogen-bond donors (Lipinski definition) is 1. The number of benzene rings is 1. The number of aryl methyl sites for hydroxylation is 1.